The normalized spacial score (nSPS) is 10.8. The Labute approximate surface area is 149 Å². The average molecular weight is 358 g/mol. The number of nitrogens with zero attached hydrogens (tertiary/aromatic N) is 3. The Kier molecular flexibility index (Phi) is 5.11. The van der Waals surface area contributed by atoms with Crippen LogP contribution in [0, 0.1) is 0 Å². The molecule has 0 spiro atoms. The van der Waals surface area contributed by atoms with E-state index in [9.17, 15) is 9.90 Å². The molecule has 3 aromatic rings. The second kappa shape index (κ2) is 7.46. The summed E-state index contributed by atoms with van der Waals surface area (Å²) in [6, 6.07) is 10.5. The summed E-state index contributed by atoms with van der Waals surface area (Å²) in [4.78, 5) is 19.7. The van der Waals surface area contributed by atoms with Crippen molar-refractivity contribution in [1.29, 1.82) is 0 Å². The van der Waals surface area contributed by atoms with Gasteiger partial charge in [-0.05, 0) is 36.2 Å². The molecule has 0 bridgehead atoms. The topological polar surface area (TPSA) is 88.2 Å². The van der Waals surface area contributed by atoms with Gasteiger partial charge >= 0.3 is 5.97 Å². The van der Waals surface area contributed by atoms with Gasteiger partial charge in [0.15, 0.2) is 5.82 Å². The number of aromatic carboxylic acids is 1. The number of carbonyl (C=O) groups is 1. The van der Waals surface area contributed by atoms with Crippen molar-refractivity contribution < 1.29 is 15.0 Å². The molecule has 0 atom stereocenters. The van der Waals surface area contributed by atoms with Crippen LogP contribution in [0.25, 0.3) is 11.5 Å². The first kappa shape index (κ1) is 17.1. The van der Waals surface area contributed by atoms with Gasteiger partial charge in [-0.15, -0.1) is 0 Å². The molecule has 1 aromatic carbocycles. The van der Waals surface area contributed by atoms with Crippen LogP contribution >= 0.6 is 11.6 Å². The van der Waals surface area contributed by atoms with E-state index in [-0.39, 0.29) is 12.2 Å². The number of benzene rings is 1. The summed E-state index contributed by atoms with van der Waals surface area (Å²) in [6.45, 7) is 0.415. The number of carboxylic acid groups (broad SMARTS) is 1. The zero-order chi connectivity index (χ0) is 17.8. The third-order valence-electron chi connectivity index (χ3n) is 3.87. The molecule has 3 rings (SSSR count). The predicted octanol–water partition coefficient (Wildman–Crippen LogP) is 3.03. The third kappa shape index (κ3) is 3.87. The van der Waals surface area contributed by atoms with Gasteiger partial charge in [-0.2, -0.15) is 0 Å². The van der Waals surface area contributed by atoms with E-state index in [1.807, 2.05) is 28.8 Å². The van der Waals surface area contributed by atoms with Crippen molar-refractivity contribution in [2.24, 2.45) is 0 Å². The fourth-order valence-electron chi connectivity index (χ4n) is 2.57. The van der Waals surface area contributed by atoms with Crippen LogP contribution in [0.4, 0.5) is 0 Å². The number of hydrogen-bond acceptors (Lipinski definition) is 4. The van der Waals surface area contributed by atoms with E-state index in [0.717, 1.165) is 5.56 Å². The molecule has 2 aromatic heterocycles. The highest BCUT2D eigenvalue weighted by atomic mass is 35.5. The monoisotopic (exact) mass is 357 g/mol. The Balaban J connectivity index is 1.91. The number of pyridine rings is 1. The minimum absolute atomic E-state index is 0.141. The molecule has 2 N–H and O–H groups in total. The maximum absolute atomic E-state index is 11.2. The number of aliphatic hydroxyl groups excluding tert-OH is 1. The molecule has 2 heterocycles. The molecule has 7 heteroatoms. The first-order valence-electron chi connectivity index (χ1n) is 7.68. The van der Waals surface area contributed by atoms with Gasteiger partial charge in [-0.3, -0.25) is 4.98 Å². The van der Waals surface area contributed by atoms with E-state index >= 15 is 0 Å². The molecule has 0 saturated carbocycles. The van der Waals surface area contributed by atoms with Gasteiger partial charge in [0.1, 0.15) is 5.69 Å². The molecule has 0 amide bonds. The summed E-state index contributed by atoms with van der Waals surface area (Å²) < 4.78 is 1.85. The standard InChI is InChI=1S/C18H16ClN3O3/c19-14-3-1-12(2-4-14)6-8-22-15(11-23)10-21-17(22)16-9-13(18(24)25)5-7-20-16/h1-5,7,9-10,23H,6,8,11H2,(H,24,25). The van der Waals surface area contributed by atoms with Crippen molar-refractivity contribution >= 4 is 17.6 Å². The van der Waals surface area contributed by atoms with E-state index in [4.69, 9.17) is 16.7 Å². The summed E-state index contributed by atoms with van der Waals surface area (Å²) in [5, 5.41) is 19.4. The van der Waals surface area contributed by atoms with Gasteiger partial charge < -0.3 is 14.8 Å². The Morgan fingerprint density at radius 2 is 1.92 bits per heavy atom. The first-order chi connectivity index (χ1) is 12.1. The Morgan fingerprint density at radius 3 is 2.60 bits per heavy atom. The quantitative estimate of drug-likeness (QED) is 0.708. The lowest BCUT2D eigenvalue weighted by Crippen LogP contribution is -2.08. The zero-order valence-corrected chi connectivity index (χ0v) is 14.0. The Hall–Kier alpha value is -2.70. The first-order valence-corrected chi connectivity index (χ1v) is 8.05. The van der Waals surface area contributed by atoms with Crippen LogP contribution in [0.5, 0.6) is 0 Å². The maximum Gasteiger partial charge on any atom is 0.335 e. The lowest BCUT2D eigenvalue weighted by atomic mass is 10.1. The molecule has 0 aliphatic carbocycles. The molecule has 128 valence electrons. The smallest absolute Gasteiger partial charge is 0.335 e. The molecule has 0 fully saturated rings. The highest BCUT2D eigenvalue weighted by Gasteiger charge is 2.14. The number of carboxylic acids is 1. The maximum atomic E-state index is 11.2. The van der Waals surface area contributed by atoms with Gasteiger partial charge in [0, 0.05) is 17.8 Å². The predicted molar refractivity (Wildman–Crippen MR) is 93.5 cm³/mol. The molecular formula is C18H16ClN3O3. The molecule has 0 aliphatic rings. The van der Waals surface area contributed by atoms with E-state index in [1.165, 1.54) is 18.3 Å². The van der Waals surface area contributed by atoms with Gasteiger partial charge in [-0.25, -0.2) is 9.78 Å². The Morgan fingerprint density at radius 1 is 1.16 bits per heavy atom. The number of aromatic nitrogens is 3. The molecule has 0 radical (unpaired) electrons. The second-order valence-corrected chi connectivity index (χ2v) is 5.93. The van der Waals surface area contributed by atoms with Gasteiger partial charge in [-0.1, -0.05) is 23.7 Å². The number of aliphatic hydroxyl groups is 1. The Bertz CT molecular complexity index is 891. The van der Waals surface area contributed by atoms with Crippen molar-refractivity contribution in [3.63, 3.8) is 0 Å². The zero-order valence-electron chi connectivity index (χ0n) is 13.3. The van der Waals surface area contributed by atoms with Crippen LogP contribution in [-0.2, 0) is 19.6 Å². The highest BCUT2D eigenvalue weighted by molar-refractivity contribution is 6.30. The van der Waals surface area contributed by atoms with Crippen LogP contribution in [0.2, 0.25) is 5.02 Å². The summed E-state index contributed by atoms with van der Waals surface area (Å²) in [6.07, 6.45) is 3.73. The molecule has 0 unspecified atom stereocenters. The molecule has 6 nitrogen and oxygen atoms in total. The SMILES string of the molecule is O=C(O)c1ccnc(-c2ncc(CO)n2CCc2ccc(Cl)cc2)c1. The largest absolute Gasteiger partial charge is 0.478 e. The van der Waals surface area contributed by atoms with Crippen LogP contribution in [-0.4, -0.2) is 30.7 Å². The highest BCUT2D eigenvalue weighted by Crippen LogP contribution is 2.20. The number of imidazole rings is 1. The minimum Gasteiger partial charge on any atom is -0.478 e. The second-order valence-electron chi connectivity index (χ2n) is 5.49. The number of aryl methyl sites for hydroxylation is 1. The lowest BCUT2D eigenvalue weighted by molar-refractivity contribution is 0.0697. The summed E-state index contributed by atoms with van der Waals surface area (Å²) in [5.74, 6) is -0.494. The van der Waals surface area contributed by atoms with Gasteiger partial charge in [0.2, 0.25) is 0 Å². The fraction of sp³-hybridized carbons (Fsp3) is 0.167. The summed E-state index contributed by atoms with van der Waals surface area (Å²) in [5.41, 5.74) is 2.34. The van der Waals surface area contributed by atoms with E-state index < -0.39 is 5.97 Å². The van der Waals surface area contributed by atoms with Crippen molar-refractivity contribution in [1.82, 2.24) is 14.5 Å². The molecule has 25 heavy (non-hydrogen) atoms. The summed E-state index contributed by atoms with van der Waals surface area (Å²) in [7, 11) is 0. The van der Waals surface area contributed by atoms with E-state index in [1.54, 1.807) is 6.20 Å². The van der Waals surface area contributed by atoms with Crippen molar-refractivity contribution in [3.05, 3.63) is 70.6 Å². The van der Waals surface area contributed by atoms with Gasteiger partial charge in [0.05, 0.1) is 24.1 Å². The van der Waals surface area contributed by atoms with Gasteiger partial charge in [0.25, 0.3) is 0 Å². The minimum atomic E-state index is -1.02. The van der Waals surface area contributed by atoms with Crippen LogP contribution in [0.15, 0.2) is 48.8 Å². The van der Waals surface area contributed by atoms with Crippen molar-refractivity contribution in [2.45, 2.75) is 19.6 Å². The van der Waals surface area contributed by atoms with Crippen molar-refractivity contribution in [2.75, 3.05) is 0 Å². The van der Waals surface area contributed by atoms with Crippen LogP contribution in [0.1, 0.15) is 21.6 Å². The molecular weight excluding hydrogens is 342 g/mol. The molecule has 0 aliphatic heterocycles. The fourth-order valence-corrected chi connectivity index (χ4v) is 2.69. The van der Waals surface area contributed by atoms with Crippen LogP contribution in [0.3, 0.4) is 0 Å². The lowest BCUT2D eigenvalue weighted by Gasteiger charge is -2.11. The number of halogens is 1. The van der Waals surface area contributed by atoms with Crippen LogP contribution < -0.4 is 0 Å². The molecule has 0 saturated heterocycles. The summed E-state index contributed by atoms with van der Waals surface area (Å²) >= 11 is 5.90. The number of rotatable bonds is 6. The average Bonchev–Trinajstić information content (AvgIpc) is 3.04. The van der Waals surface area contributed by atoms with E-state index in [0.29, 0.717) is 35.2 Å². The number of hydrogen-bond donors (Lipinski definition) is 2. The van der Waals surface area contributed by atoms with E-state index in [2.05, 4.69) is 9.97 Å². The van der Waals surface area contributed by atoms with Crippen molar-refractivity contribution in [3.8, 4) is 11.5 Å². The third-order valence-corrected chi connectivity index (χ3v) is 4.13.